The molecule has 0 aliphatic rings. The number of carbonyl (C=O) groups is 2. The molecule has 3 aromatic carbocycles. The Morgan fingerprint density at radius 2 is 1.79 bits per heavy atom. The summed E-state index contributed by atoms with van der Waals surface area (Å²) in [6.45, 7) is 0.577. The highest BCUT2D eigenvalue weighted by molar-refractivity contribution is 6.00. The van der Waals surface area contributed by atoms with Crippen LogP contribution in [0.5, 0.6) is 5.75 Å². The summed E-state index contributed by atoms with van der Waals surface area (Å²) >= 11 is 0. The van der Waals surface area contributed by atoms with Crippen molar-refractivity contribution in [1.82, 2.24) is 5.32 Å². The molecule has 0 aliphatic carbocycles. The topological polar surface area (TPSA) is 111 Å². The Morgan fingerprint density at radius 3 is 2.52 bits per heavy atom. The number of non-ortho nitro benzene ring substituents is 1. The number of ether oxygens (including phenoxy) is 1. The van der Waals surface area contributed by atoms with Gasteiger partial charge in [0, 0.05) is 30.9 Å². The van der Waals surface area contributed by atoms with E-state index in [4.69, 9.17) is 4.74 Å². The summed E-state index contributed by atoms with van der Waals surface area (Å²) in [7, 11) is 0. The molecule has 0 bridgehead atoms. The van der Waals surface area contributed by atoms with Crippen LogP contribution in [-0.4, -0.2) is 36.8 Å². The van der Waals surface area contributed by atoms with Crippen molar-refractivity contribution in [2.24, 2.45) is 0 Å². The first kappa shape index (κ1) is 19.8. The Labute approximate surface area is 166 Å². The van der Waals surface area contributed by atoms with Gasteiger partial charge in [0.1, 0.15) is 5.75 Å². The average Bonchev–Trinajstić information content (AvgIpc) is 2.75. The summed E-state index contributed by atoms with van der Waals surface area (Å²) in [5.41, 5.74) is 1.15. The lowest BCUT2D eigenvalue weighted by Gasteiger charge is -2.11. The van der Waals surface area contributed by atoms with Gasteiger partial charge in [-0.25, -0.2) is 0 Å². The van der Waals surface area contributed by atoms with Crippen molar-refractivity contribution in [3.05, 3.63) is 76.3 Å². The molecule has 8 nitrogen and oxygen atoms in total. The number of nitrogens with zero attached hydrogens (tertiary/aromatic N) is 1. The SMILES string of the molecule is O=Cc1c(OCC(=O)NCCNc2ccc([N+](=O)[O-])cc2)ccc2ccccc12. The van der Waals surface area contributed by atoms with Gasteiger partial charge < -0.3 is 15.4 Å². The van der Waals surface area contributed by atoms with E-state index in [0.717, 1.165) is 17.1 Å². The van der Waals surface area contributed by atoms with E-state index in [0.29, 0.717) is 30.1 Å². The molecule has 1 amide bonds. The van der Waals surface area contributed by atoms with Crippen LogP contribution in [0.1, 0.15) is 10.4 Å². The van der Waals surface area contributed by atoms with Crippen molar-refractivity contribution in [1.29, 1.82) is 0 Å². The highest BCUT2D eigenvalue weighted by Gasteiger charge is 2.10. The Kier molecular flexibility index (Phi) is 6.36. The highest BCUT2D eigenvalue weighted by atomic mass is 16.6. The molecule has 0 heterocycles. The van der Waals surface area contributed by atoms with Crippen LogP contribution < -0.4 is 15.4 Å². The summed E-state index contributed by atoms with van der Waals surface area (Å²) in [6.07, 6.45) is 0.726. The van der Waals surface area contributed by atoms with E-state index in [1.165, 1.54) is 12.1 Å². The smallest absolute Gasteiger partial charge is 0.269 e. The Balaban J connectivity index is 1.46. The van der Waals surface area contributed by atoms with Crippen LogP contribution in [0.25, 0.3) is 10.8 Å². The van der Waals surface area contributed by atoms with E-state index < -0.39 is 4.92 Å². The molecular weight excluding hydrogens is 374 g/mol. The fraction of sp³-hybridized carbons (Fsp3) is 0.143. The Bertz CT molecular complexity index is 1030. The average molecular weight is 393 g/mol. The van der Waals surface area contributed by atoms with Crippen molar-refractivity contribution in [3.8, 4) is 5.75 Å². The number of nitrogens with one attached hydrogen (secondary N) is 2. The van der Waals surface area contributed by atoms with Crippen LogP contribution in [0, 0.1) is 10.1 Å². The van der Waals surface area contributed by atoms with E-state index in [1.54, 1.807) is 18.2 Å². The monoisotopic (exact) mass is 393 g/mol. The summed E-state index contributed by atoms with van der Waals surface area (Å²) < 4.78 is 5.52. The standard InChI is InChI=1S/C21H19N3O5/c25-13-19-18-4-2-1-3-15(18)5-10-20(19)29-14-21(26)23-12-11-22-16-6-8-17(9-7-16)24(27)28/h1-10,13,22H,11-12,14H2,(H,23,26). The zero-order valence-corrected chi connectivity index (χ0v) is 15.5. The van der Waals surface area contributed by atoms with Crippen molar-refractivity contribution in [2.75, 3.05) is 25.0 Å². The fourth-order valence-corrected chi connectivity index (χ4v) is 2.83. The van der Waals surface area contributed by atoms with Gasteiger partial charge in [0.2, 0.25) is 0 Å². The minimum absolute atomic E-state index is 0.0179. The van der Waals surface area contributed by atoms with Crippen LogP contribution in [-0.2, 0) is 4.79 Å². The van der Waals surface area contributed by atoms with Gasteiger partial charge in [0.25, 0.3) is 11.6 Å². The molecule has 0 unspecified atom stereocenters. The lowest BCUT2D eigenvalue weighted by atomic mass is 10.0. The number of rotatable bonds is 9. The fourth-order valence-electron chi connectivity index (χ4n) is 2.83. The summed E-state index contributed by atoms with van der Waals surface area (Å²) in [6, 6.07) is 17.0. The highest BCUT2D eigenvalue weighted by Crippen LogP contribution is 2.26. The van der Waals surface area contributed by atoms with Gasteiger partial charge in [-0.05, 0) is 29.0 Å². The number of nitro benzene ring substituents is 1. The second kappa shape index (κ2) is 9.32. The summed E-state index contributed by atoms with van der Waals surface area (Å²) in [5, 5.41) is 18.1. The van der Waals surface area contributed by atoms with E-state index in [9.17, 15) is 19.7 Å². The number of amides is 1. The second-order valence-corrected chi connectivity index (χ2v) is 6.19. The van der Waals surface area contributed by atoms with Crippen LogP contribution in [0.3, 0.4) is 0 Å². The molecule has 0 atom stereocenters. The molecule has 0 radical (unpaired) electrons. The third kappa shape index (κ3) is 5.07. The molecule has 2 N–H and O–H groups in total. The van der Waals surface area contributed by atoms with E-state index in [1.807, 2.05) is 30.3 Å². The normalized spacial score (nSPS) is 10.3. The van der Waals surface area contributed by atoms with Crippen LogP contribution in [0.2, 0.25) is 0 Å². The number of benzene rings is 3. The molecule has 0 fully saturated rings. The predicted molar refractivity (Wildman–Crippen MR) is 109 cm³/mol. The molecule has 0 saturated heterocycles. The molecule has 0 aliphatic heterocycles. The number of hydrogen-bond acceptors (Lipinski definition) is 6. The van der Waals surface area contributed by atoms with Crippen molar-refractivity contribution >= 4 is 34.3 Å². The van der Waals surface area contributed by atoms with Gasteiger partial charge in [-0.1, -0.05) is 30.3 Å². The van der Waals surface area contributed by atoms with Crippen molar-refractivity contribution < 1.29 is 19.2 Å². The van der Waals surface area contributed by atoms with Gasteiger partial charge in [-0.2, -0.15) is 0 Å². The molecule has 8 heteroatoms. The lowest BCUT2D eigenvalue weighted by Crippen LogP contribution is -2.32. The Morgan fingerprint density at radius 1 is 1.03 bits per heavy atom. The molecule has 29 heavy (non-hydrogen) atoms. The summed E-state index contributed by atoms with van der Waals surface area (Å²) in [5.74, 6) is 0.0401. The number of fused-ring (bicyclic) bond motifs is 1. The van der Waals surface area contributed by atoms with Gasteiger partial charge in [-0.3, -0.25) is 19.7 Å². The van der Waals surface area contributed by atoms with Crippen LogP contribution in [0.4, 0.5) is 11.4 Å². The van der Waals surface area contributed by atoms with Crippen LogP contribution >= 0.6 is 0 Å². The van der Waals surface area contributed by atoms with E-state index in [-0.39, 0.29) is 18.2 Å². The number of anilines is 1. The zero-order valence-electron chi connectivity index (χ0n) is 15.5. The zero-order chi connectivity index (χ0) is 20.6. The maximum atomic E-state index is 12.0. The number of aldehydes is 1. The number of carbonyl (C=O) groups excluding carboxylic acids is 2. The van der Waals surface area contributed by atoms with Crippen LogP contribution in [0.15, 0.2) is 60.7 Å². The first-order valence-corrected chi connectivity index (χ1v) is 8.93. The third-order valence-corrected chi connectivity index (χ3v) is 4.26. The maximum absolute atomic E-state index is 12.0. The van der Waals surface area contributed by atoms with E-state index >= 15 is 0 Å². The minimum atomic E-state index is -0.463. The first-order valence-electron chi connectivity index (χ1n) is 8.93. The maximum Gasteiger partial charge on any atom is 0.269 e. The molecular formula is C21H19N3O5. The summed E-state index contributed by atoms with van der Waals surface area (Å²) in [4.78, 5) is 33.6. The molecule has 3 aromatic rings. The number of hydrogen-bond donors (Lipinski definition) is 2. The molecule has 0 saturated carbocycles. The largest absolute Gasteiger partial charge is 0.483 e. The first-order chi connectivity index (χ1) is 14.1. The van der Waals surface area contributed by atoms with Crippen molar-refractivity contribution in [2.45, 2.75) is 0 Å². The molecule has 3 rings (SSSR count). The lowest BCUT2D eigenvalue weighted by molar-refractivity contribution is -0.384. The molecule has 0 spiro atoms. The Hall–Kier alpha value is -3.94. The van der Waals surface area contributed by atoms with Gasteiger partial charge >= 0.3 is 0 Å². The van der Waals surface area contributed by atoms with E-state index in [2.05, 4.69) is 10.6 Å². The quantitative estimate of drug-likeness (QED) is 0.250. The van der Waals surface area contributed by atoms with Gasteiger partial charge in [0.15, 0.2) is 12.9 Å². The van der Waals surface area contributed by atoms with Gasteiger partial charge in [0.05, 0.1) is 10.5 Å². The van der Waals surface area contributed by atoms with Crippen molar-refractivity contribution in [3.63, 3.8) is 0 Å². The minimum Gasteiger partial charge on any atom is -0.483 e. The van der Waals surface area contributed by atoms with Gasteiger partial charge in [-0.15, -0.1) is 0 Å². The number of nitro groups is 1. The third-order valence-electron chi connectivity index (χ3n) is 4.26. The second-order valence-electron chi connectivity index (χ2n) is 6.19. The molecule has 0 aromatic heterocycles. The molecule has 148 valence electrons. The predicted octanol–water partition coefficient (Wildman–Crippen LogP) is 3.17.